The first-order valence-corrected chi connectivity index (χ1v) is 10.2. The third-order valence-electron chi connectivity index (χ3n) is 5.28. The van der Waals surface area contributed by atoms with Gasteiger partial charge in [0.25, 0.3) is 5.91 Å². The first-order valence-electron chi connectivity index (χ1n) is 8.99. The minimum Gasteiger partial charge on any atom is -0.349 e. The molecule has 0 saturated carbocycles. The van der Waals surface area contributed by atoms with Gasteiger partial charge in [0.05, 0.1) is 22.5 Å². The summed E-state index contributed by atoms with van der Waals surface area (Å²) in [7, 11) is 0. The normalized spacial score (nSPS) is 21.6. The quantitative estimate of drug-likeness (QED) is 0.705. The Labute approximate surface area is 165 Å². The molecule has 6 rings (SSSR count). The minimum absolute atomic E-state index is 0.220. The van der Waals surface area contributed by atoms with Crippen LogP contribution in [0.2, 0.25) is 5.02 Å². The van der Waals surface area contributed by atoms with Crippen molar-refractivity contribution in [1.29, 1.82) is 0 Å². The highest BCUT2D eigenvalue weighted by Crippen LogP contribution is 2.30. The van der Waals surface area contributed by atoms with Gasteiger partial charge >= 0.3 is 0 Å². The van der Waals surface area contributed by atoms with Crippen LogP contribution < -0.4 is 15.5 Å². The van der Waals surface area contributed by atoms with Gasteiger partial charge < -0.3 is 15.5 Å². The van der Waals surface area contributed by atoms with Gasteiger partial charge in [0, 0.05) is 30.6 Å². The van der Waals surface area contributed by atoms with Crippen molar-refractivity contribution in [3.05, 3.63) is 46.4 Å². The average Bonchev–Trinajstić information content (AvgIpc) is 3.14. The van der Waals surface area contributed by atoms with Crippen LogP contribution in [-0.4, -0.2) is 41.0 Å². The topological polar surface area (TPSA) is 70.2 Å². The van der Waals surface area contributed by atoms with Crippen molar-refractivity contribution in [2.24, 2.45) is 0 Å². The molecular weight excluding hydrogens is 382 g/mol. The van der Waals surface area contributed by atoms with E-state index in [1.165, 1.54) is 24.2 Å². The Morgan fingerprint density at radius 3 is 2.96 bits per heavy atom. The molecule has 0 radical (unpaired) electrons. The zero-order valence-corrected chi connectivity index (χ0v) is 16.1. The maximum absolute atomic E-state index is 12.8. The van der Waals surface area contributed by atoms with Crippen molar-refractivity contribution >= 4 is 50.7 Å². The minimum atomic E-state index is -0.220. The summed E-state index contributed by atoms with van der Waals surface area (Å²) in [6.07, 6.45) is 4.21. The van der Waals surface area contributed by atoms with E-state index in [1.54, 1.807) is 12.1 Å². The molecule has 0 unspecified atom stereocenters. The molecule has 3 aliphatic rings. The molecule has 3 aliphatic heterocycles. The number of aromatic nitrogens is 2. The van der Waals surface area contributed by atoms with E-state index in [-0.39, 0.29) is 5.91 Å². The van der Waals surface area contributed by atoms with Gasteiger partial charge in [0.15, 0.2) is 0 Å². The van der Waals surface area contributed by atoms with E-state index in [0.29, 0.717) is 33.9 Å². The van der Waals surface area contributed by atoms with Crippen LogP contribution in [0.5, 0.6) is 0 Å². The number of carbonyl (C=O) groups excluding carboxylic acids is 1. The number of fused-ring (bicyclic) bond motifs is 4. The zero-order chi connectivity index (χ0) is 18.4. The van der Waals surface area contributed by atoms with Gasteiger partial charge in [0.1, 0.15) is 16.2 Å². The summed E-state index contributed by atoms with van der Waals surface area (Å²) in [6, 6.07) is 8.16. The predicted octanol–water partition coefficient (Wildman–Crippen LogP) is 3.54. The van der Waals surface area contributed by atoms with Gasteiger partial charge in [-0.25, -0.2) is 9.97 Å². The number of rotatable bonds is 3. The highest BCUT2D eigenvalue weighted by atomic mass is 35.5. The molecule has 0 spiro atoms. The molecule has 3 fully saturated rings. The Hall–Kier alpha value is -2.22. The summed E-state index contributed by atoms with van der Waals surface area (Å²) in [5.41, 5.74) is 1.77. The van der Waals surface area contributed by atoms with Crippen LogP contribution in [0.15, 0.2) is 35.8 Å². The van der Waals surface area contributed by atoms with Crippen molar-refractivity contribution in [3.63, 3.8) is 0 Å². The molecule has 1 aromatic carbocycles. The number of anilines is 2. The van der Waals surface area contributed by atoms with Crippen LogP contribution in [0.4, 0.5) is 11.5 Å². The molecule has 5 heterocycles. The Balaban J connectivity index is 1.47. The molecule has 2 bridgehead atoms. The number of benzene rings is 1. The second-order valence-corrected chi connectivity index (χ2v) is 8.22. The van der Waals surface area contributed by atoms with Gasteiger partial charge in [-0.05, 0) is 25.0 Å². The highest BCUT2D eigenvalue weighted by molar-refractivity contribution is 7.17. The average molecular weight is 400 g/mol. The molecule has 8 heteroatoms. The van der Waals surface area contributed by atoms with Crippen LogP contribution in [0.3, 0.4) is 0 Å². The number of nitrogens with one attached hydrogen (secondary N) is 2. The summed E-state index contributed by atoms with van der Waals surface area (Å²) in [6.45, 7) is 1.92. The number of thiophene rings is 1. The van der Waals surface area contributed by atoms with E-state index < -0.39 is 0 Å². The number of nitrogens with zero attached hydrogens (tertiary/aromatic N) is 3. The number of piperidine rings is 2. The number of piperazine rings is 1. The lowest BCUT2D eigenvalue weighted by atomic mass is 9.93. The van der Waals surface area contributed by atoms with Crippen LogP contribution >= 0.6 is 22.9 Å². The van der Waals surface area contributed by atoms with E-state index in [9.17, 15) is 4.79 Å². The molecule has 27 heavy (non-hydrogen) atoms. The highest BCUT2D eigenvalue weighted by Gasteiger charge is 2.34. The summed E-state index contributed by atoms with van der Waals surface area (Å²) >= 11 is 7.59. The van der Waals surface area contributed by atoms with Crippen molar-refractivity contribution in [2.75, 3.05) is 23.3 Å². The standard InChI is InChI=1S/C19H18ClN5OS/c20-14-3-1-2-4-15(14)23-18(26)13-10-27-19-17(13)24-16(8-22-19)25-9-11-5-6-12(25)7-21-11/h1-4,8,10-12,21H,5-7,9H2,(H,23,26)/t11-,12-/m0/s1. The second kappa shape index (κ2) is 6.74. The fourth-order valence-corrected chi connectivity index (χ4v) is 4.85. The molecule has 1 amide bonds. The van der Waals surface area contributed by atoms with E-state index in [0.717, 1.165) is 23.7 Å². The van der Waals surface area contributed by atoms with E-state index in [1.807, 2.05) is 23.7 Å². The third-order valence-corrected chi connectivity index (χ3v) is 6.48. The van der Waals surface area contributed by atoms with Gasteiger partial charge in [-0.2, -0.15) is 0 Å². The number of carbonyl (C=O) groups is 1. The van der Waals surface area contributed by atoms with Crippen molar-refractivity contribution in [2.45, 2.75) is 24.9 Å². The van der Waals surface area contributed by atoms with Crippen molar-refractivity contribution in [3.8, 4) is 0 Å². The smallest absolute Gasteiger partial charge is 0.258 e. The van der Waals surface area contributed by atoms with E-state index in [2.05, 4.69) is 20.5 Å². The van der Waals surface area contributed by atoms with Gasteiger partial charge in [-0.1, -0.05) is 23.7 Å². The van der Waals surface area contributed by atoms with Gasteiger partial charge in [-0.3, -0.25) is 4.79 Å². The first kappa shape index (κ1) is 16.9. The summed E-state index contributed by atoms with van der Waals surface area (Å²) in [5, 5.41) is 8.74. The maximum Gasteiger partial charge on any atom is 0.258 e. The van der Waals surface area contributed by atoms with E-state index in [4.69, 9.17) is 16.6 Å². The number of hydrogen-bond acceptors (Lipinski definition) is 6. The molecule has 2 aromatic heterocycles. The Morgan fingerprint density at radius 1 is 1.33 bits per heavy atom. The second-order valence-electron chi connectivity index (χ2n) is 6.95. The summed E-state index contributed by atoms with van der Waals surface area (Å²) in [4.78, 5) is 25.3. The lowest BCUT2D eigenvalue weighted by Crippen LogP contribution is -2.61. The first-order chi connectivity index (χ1) is 13.2. The largest absolute Gasteiger partial charge is 0.349 e. The Kier molecular flexibility index (Phi) is 4.22. The lowest BCUT2D eigenvalue weighted by molar-refractivity contribution is 0.102. The molecule has 2 N–H and O–H groups in total. The van der Waals surface area contributed by atoms with Gasteiger partial charge in [-0.15, -0.1) is 11.3 Å². The van der Waals surface area contributed by atoms with Crippen LogP contribution in [0.1, 0.15) is 23.2 Å². The van der Waals surface area contributed by atoms with Crippen LogP contribution in [0, 0.1) is 0 Å². The molecule has 138 valence electrons. The third kappa shape index (κ3) is 3.05. The monoisotopic (exact) mass is 399 g/mol. The van der Waals surface area contributed by atoms with Crippen LogP contribution in [-0.2, 0) is 0 Å². The Morgan fingerprint density at radius 2 is 2.22 bits per heavy atom. The number of halogens is 1. The molecule has 3 aromatic rings. The fourth-order valence-electron chi connectivity index (χ4n) is 3.84. The predicted molar refractivity (Wildman–Crippen MR) is 109 cm³/mol. The number of para-hydroxylation sites is 1. The maximum atomic E-state index is 12.8. The number of hydrogen-bond donors (Lipinski definition) is 2. The van der Waals surface area contributed by atoms with Crippen molar-refractivity contribution in [1.82, 2.24) is 15.3 Å². The summed E-state index contributed by atoms with van der Waals surface area (Å²) in [5.74, 6) is 0.631. The van der Waals surface area contributed by atoms with Crippen molar-refractivity contribution < 1.29 is 4.79 Å². The molecule has 3 saturated heterocycles. The van der Waals surface area contributed by atoms with E-state index >= 15 is 0 Å². The SMILES string of the molecule is O=C(Nc1ccccc1Cl)c1csc2ncc(N3C[C@@H]4CC[C@H]3CN4)nc12. The molecule has 2 atom stereocenters. The number of amides is 1. The van der Waals surface area contributed by atoms with Crippen LogP contribution in [0.25, 0.3) is 10.3 Å². The fraction of sp³-hybridized carbons (Fsp3) is 0.316. The lowest BCUT2D eigenvalue weighted by Gasteiger charge is -2.46. The molecule has 0 aliphatic carbocycles. The van der Waals surface area contributed by atoms with Gasteiger partial charge in [0.2, 0.25) is 0 Å². The Bertz CT molecular complexity index is 1010. The molecular formula is C19H18ClN5OS. The molecule has 6 nitrogen and oxygen atoms in total. The summed E-state index contributed by atoms with van der Waals surface area (Å²) < 4.78 is 0. The zero-order valence-electron chi connectivity index (χ0n) is 14.5.